The quantitative estimate of drug-likeness (QED) is 0.879. The van der Waals surface area contributed by atoms with Crippen molar-refractivity contribution in [2.75, 3.05) is 19.6 Å². The third-order valence-electron chi connectivity index (χ3n) is 4.77. The van der Waals surface area contributed by atoms with Crippen molar-refractivity contribution in [2.24, 2.45) is 5.92 Å². The van der Waals surface area contributed by atoms with Crippen molar-refractivity contribution in [3.05, 3.63) is 30.0 Å². The number of rotatable bonds is 3. The second kappa shape index (κ2) is 4.62. The fraction of sp³-hybridized carbons (Fsp3) is 0.533. The van der Waals surface area contributed by atoms with Gasteiger partial charge in [-0.15, -0.1) is 0 Å². The number of piperidine rings is 3. The van der Waals surface area contributed by atoms with Gasteiger partial charge in [0.05, 0.1) is 11.7 Å². The minimum atomic E-state index is 0.667. The maximum atomic E-state index is 4.13. The van der Waals surface area contributed by atoms with Gasteiger partial charge in [0, 0.05) is 24.5 Å². The summed E-state index contributed by atoms with van der Waals surface area (Å²) in [6.45, 7) is 4.77. The van der Waals surface area contributed by atoms with Gasteiger partial charge in [0.2, 0.25) is 0 Å². The summed E-state index contributed by atoms with van der Waals surface area (Å²) in [7, 11) is 0. The van der Waals surface area contributed by atoms with E-state index in [0.717, 1.165) is 12.5 Å². The van der Waals surface area contributed by atoms with Gasteiger partial charge in [-0.1, -0.05) is 18.2 Å². The number of nitrogens with one attached hydrogen (secondary N) is 2. The molecule has 2 N–H and O–H groups in total. The Morgan fingerprint density at radius 3 is 3.00 bits per heavy atom. The summed E-state index contributed by atoms with van der Waals surface area (Å²) in [5.41, 5.74) is 2.50. The molecule has 2 bridgehead atoms. The molecule has 4 heterocycles. The summed E-state index contributed by atoms with van der Waals surface area (Å²) in [5, 5.41) is 12.2. The van der Waals surface area contributed by atoms with Crippen LogP contribution in [0.15, 0.2) is 24.4 Å². The van der Waals surface area contributed by atoms with Crippen LogP contribution in [0.4, 0.5) is 0 Å². The molecule has 1 aromatic heterocycles. The Morgan fingerprint density at radius 1 is 1.32 bits per heavy atom. The zero-order valence-electron chi connectivity index (χ0n) is 11.1. The summed E-state index contributed by atoms with van der Waals surface area (Å²) in [6, 6.07) is 7.08. The first-order valence-electron chi connectivity index (χ1n) is 7.27. The largest absolute Gasteiger partial charge is 0.308 e. The molecule has 0 radical (unpaired) electrons. The summed E-state index contributed by atoms with van der Waals surface area (Å²) in [6.07, 6.45) is 4.63. The highest BCUT2D eigenvalue weighted by atomic mass is 15.2. The molecule has 1 atom stereocenters. The third kappa shape index (κ3) is 2.05. The Labute approximate surface area is 113 Å². The van der Waals surface area contributed by atoms with Gasteiger partial charge in [0.15, 0.2) is 0 Å². The fourth-order valence-electron chi connectivity index (χ4n) is 3.62. The molecular weight excluding hydrogens is 236 g/mol. The fourth-order valence-corrected chi connectivity index (χ4v) is 3.62. The monoisotopic (exact) mass is 256 g/mol. The van der Waals surface area contributed by atoms with Crippen LogP contribution in [0.5, 0.6) is 0 Å². The molecule has 4 nitrogen and oxygen atoms in total. The summed E-state index contributed by atoms with van der Waals surface area (Å²) >= 11 is 0. The summed E-state index contributed by atoms with van der Waals surface area (Å²) in [5.74, 6) is 0.881. The normalized spacial score (nSPS) is 30.0. The van der Waals surface area contributed by atoms with Crippen molar-refractivity contribution in [3.8, 4) is 0 Å². The molecule has 3 saturated heterocycles. The molecular formula is C15H20N4. The highest BCUT2D eigenvalue weighted by Crippen LogP contribution is 2.27. The van der Waals surface area contributed by atoms with Crippen LogP contribution in [0.25, 0.3) is 10.9 Å². The van der Waals surface area contributed by atoms with E-state index in [1.807, 2.05) is 6.20 Å². The average molecular weight is 256 g/mol. The van der Waals surface area contributed by atoms with Gasteiger partial charge in [0.1, 0.15) is 0 Å². The van der Waals surface area contributed by atoms with Crippen molar-refractivity contribution in [1.82, 2.24) is 20.4 Å². The Balaban J connectivity index is 1.49. The highest BCUT2D eigenvalue weighted by molar-refractivity contribution is 5.81. The van der Waals surface area contributed by atoms with Crippen molar-refractivity contribution in [3.63, 3.8) is 0 Å². The van der Waals surface area contributed by atoms with Crippen molar-refractivity contribution in [1.29, 1.82) is 0 Å². The predicted molar refractivity (Wildman–Crippen MR) is 75.9 cm³/mol. The molecule has 19 heavy (non-hydrogen) atoms. The zero-order valence-corrected chi connectivity index (χ0v) is 11.1. The molecule has 3 fully saturated rings. The lowest BCUT2D eigenvalue weighted by molar-refractivity contribution is 0.0720. The maximum Gasteiger partial charge on any atom is 0.0695 e. The SMILES string of the molecule is c1cc(CN[C@@H]2CN3CCC2CC3)c2[nH]ncc2c1. The molecule has 0 aliphatic carbocycles. The minimum Gasteiger partial charge on any atom is -0.308 e. The molecule has 3 aliphatic rings. The molecule has 1 aromatic carbocycles. The lowest BCUT2D eigenvalue weighted by Crippen LogP contribution is -2.55. The Morgan fingerprint density at radius 2 is 2.21 bits per heavy atom. The van der Waals surface area contributed by atoms with Crippen molar-refractivity contribution >= 4 is 10.9 Å². The average Bonchev–Trinajstić information content (AvgIpc) is 2.95. The molecule has 0 spiro atoms. The molecule has 5 rings (SSSR count). The standard InChI is InChI=1S/C15H20N4/c1-2-12(15-13(3-1)9-17-18-15)8-16-14-10-19-6-4-11(14)5-7-19/h1-3,9,11,14,16H,4-8,10H2,(H,17,18)/t14-/m1/s1. The van der Waals surface area contributed by atoms with E-state index in [0.29, 0.717) is 6.04 Å². The number of benzene rings is 1. The number of H-pyrrole nitrogens is 1. The molecule has 0 saturated carbocycles. The topological polar surface area (TPSA) is 44.0 Å². The van der Waals surface area contributed by atoms with E-state index in [2.05, 4.69) is 38.6 Å². The van der Waals surface area contributed by atoms with E-state index in [4.69, 9.17) is 0 Å². The first kappa shape index (κ1) is 11.4. The molecule has 2 aromatic rings. The molecule has 0 unspecified atom stereocenters. The van der Waals surface area contributed by atoms with Crippen molar-refractivity contribution in [2.45, 2.75) is 25.4 Å². The smallest absolute Gasteiger partial charge is 0.0695 e. The van der Waals surface area contributed by atoms with Crippen LogP contribution in [0, 0.1) is 5.92 Å². The molecule has 4 heteroatoms. The second-order valence-corrected chi connectivity index (χ2v) is 5.88. The minimum absolute atomic E-state index is 0.667. The van der Waals surface area contributed by atoms with E-state index in [1.165, 1.54) is 48.9 Å². The van der Waals surface area contributed by atoms with E-state index in [1.54, 1.807) is 0 Å². The Bertz CT molecular complexity index is 568. The van der Waals surface area contributed by atoms with Gasteiger partial charge in [0.25, 0.3) is 0 Å². The number of aromatic amines is 1. The van der Waals surface area contributed by atoms with Crippen LogP contribution in [0.2, 0.25) is 0 Å². The number of hydrogen-bond donors (Lipinski definition) is 2. The van der Waals surface area contributed by atoms with Gasteiger partial charge in [-0.3, -0.25) is 5.10 Å². The van der Waals surface area contributed by atoms with Gasteiger partial charge in [-0.2, -0.15) is 5.10 Å². The first-order valence-corrected chi connectivity index (χ1v) is 7.27. The number of aromatic nitrogens is 2. The van der Waals surface area contributed by atoms with Crippen LogP contribution in [0.3, 0.4) is 0 Å². The summed E-state index contributed by atoms with van der Waals surface area (Å²) < 4.78 is 0. The Kier molecular flexibility index (Phi) is 2.78. The van der Waals surface area contributed by atoms with E-state index in [9.17, 15) is 0 Å². The first-order chi connectivity index (χ1) is 9.40. The van der Waals surface area contributed by atoms with E-state index < -0.39 is 0 Å². The number of nitrogens with zero attached hydrogens (tertiary/aromatic N) is 2. The lowest BCUT2D eigenvalue weighted by atomic mass is 9.84. The molecule has 0 amide bonds. The highest BCUT2D eigenvalue weighted by Gasteiger charge is 2.33. The maximum absolute atomic E-state index is 4.13. The third-order valence-corrected chi connectivity index (χ3v) is 4.77. The van der Waals surface area contributed by atoms with Crippen molar-refractivity contribution < 1.29 is 0 Å². The summed E-state index contributed by atoms with van der Waals surface area (Å²) in [4.78, 5) is 2.59. The Hall–Kier alpha value is -1.39. The van der Waals surface area contributed by atoms with Crippen LogP contribution >= 0.6 is 0 Å². The van der Waals surface area contributed by atoms with Crippen LogP contribution in [-0.2, 0) is 6.54 Å². The molecule has 3 aliphatic heterocycles. The predicted octanol–water partition coefficient (Wildman–Crippen LogP) is 1.75. The second-order valence-electron chi connectivity index (χ2n) is 5.88. The number of fused-ring (bicyclic) bond motifs is 4. The number of hydrogen-bond acceptors (Lipinski definition) is 3. The molecule has 100 valence electrons. The zero-order chi connectivity index (χ0) is 12.7. The van der Waals surface area contributed by atoms with E-state index >= 15 is 0 Å². The van der Waals surface area contributed by atoms with Gasteiger partial charge < -0.3 is 10.2 Å². The van der Waals surface area contributed by atoms with Gasteiger partial charge >= 0.3 is 0 Å². The van der Waals surface area contributed by atoms with Crippen LogP contribution in [0.1, 0.15) is 18.4 Å². The van der Waals surface area contributed by atoms with Gasteiger partial charge in [-0.05, 0) is 37.4 Å². The number of para-hydroxylation sites is 1. The lowest BCUT2D eigenvalue weighted by Gasteiger charge is -2.45. The van der Waals surface area contributed by atoms with Crippen LogP contribution in [-0.4, -0.2) is 40.8 Å². The van der Waals surface area contributed by atoms with E-state index in [-0.39, 0.29) is 0 Å². The van der Waals surface area contributed by atoms with Gasteiger partial charge in [-0.25, -0.2) is 0 Å². The van der Waals surface area contributed by atoms with Crippen LogP contribution < -0.4 is 5.32 Å².